The lowest BCUT2D eigenvalue weighted by Gasteiger charge is -2.50. The van der Waals surface area contributed by atoms with E-state index >= 15 is 0 Å². The largest absolute Gasteiger partial charge is 0.103 e. The Kier molecular flexibility index (Phi) is 9.10. The third kappa shape index (κ3) is 5.98. The van der Waals surface area contributed by atoms with Crippen molar-refractivity contribution in [3.8, 4) is 0 Å². The van der Waals surface area contributed by atoms with Gasteiger partial charge in [-0.25, -0.2) is 0 Å². The van der Waals surface area contributed by atoms with Crippen LogP contribution in [0.25, 0.3) is 0 Å². The molecule has 2 fully saturated rings. The maximum Gasteiger partial charge on any atom is -0.00586 e. The Hall–Kier alpha value is -1.56. The summed E-state index contributed by atoms with van der Waals surface area (Å²) in [6, 6.07) is 9.50. The third-order valence-electron chi connectivity index (χ3n) is 10.5. The molecule has 0 heterocycles. The maximum absolute atomic E-state index is 4.74. The van der Waals surface area contributed by atoms with Crippen molar-refractivity contribution >= 4 is 0 Å². The molecule has 34 heavy (non-hydrogen) atoms. The molecule has 0 bridgehead atoms. The van der Waals surface area contributed by atoms with Crippen LogP contribution in [0.3, 0.4) is 0 Å². The van der Waals surface area contributed by atoms with E-state index in [2.05, 4.69) is 71.2 Å². The SMILES string of the molecule is C=CCC(CC)(CCc1ccc(CCC2CCCC3(CCC(C)(CC)CC3)C2=C)cc1)C(=C)C. The Labute approximate surface area is 212 Å². The second-order valence-electron chi connectivity index (χ2n) is 12.3. The highest BCUT2D eigenvalue weighted by molar-refractivity contribution is 5.25. The number of hydrogen-bond acceptors (Lipinski definition) is 0. The van der Waals surface area contributed by atoms with Gasteiger partial charge < -0.3 is 0 Å². The minimum atomic E-state index is 0.200. The molecule has 3 rings (SSSR count). The van der Waals surface area contributed by atoms with Crippen LogP contribution in [0.4, 0.5) is 0 Å². The molecule has 2 aliphatic carbocycles. The molecule has 2 aliphatic rings. The summed E-state index contributed by atoms with van der Waals surface area (Å²) in [7, 11) is 0. The first kappa shape index (κ1) is 27.0. The monoisotopic (exact) mass is 460 g/mol. The Bertz CT molecular complexity index is 829. The van der Waals surface area contributed by atoms with Gasteiger partial charge in [-0.15, -0.1) is 6.58 Å². The first-order chi connectivity index (χ1) is 16.2. The normalized spacial score (nSPS) is 29.1. The number of benzene rings is 1. The summed E-state index contributed by atoms with van der Waals surface area (Å²) >= 11 is 0. The molecule has 0 saturated heterocycles. The van der Waals surface area contributed by atoms with Crippen molar-refractivity contribution in [1.82, 2.24) is 0 Å². The van der Waals surface area contributed by atoms with Crippen LogP contribution in [0.15, 0.2) is 61.2 Å². The van der Waals surface area contributed by atoms with Crippen molar-refractivity contribution in [3.63, 3.8) is 0 Å². The van der Waals surface area contributed by atoms with Crippen molar-refractivity contribution in [2.24, 2.45) is 22.2 Å². The topological polar surface area (TPSA) is 0 Å². The molecule has 2 unspecified atom stereocenters. The van der Waals surface area contributed by atoms with Crippen molar-refractivity contribution in [3.05, 3.63) is 72.4 Å². The molecular weight excluding hydrogens is 408 g/mol. The summed E-state index contributed by atoms with van der Waals surface area (Å²) in [4.78, 5) is 0. The van der Waals surface area contributed by atoms with Crippen LogP contribution in [0.2, 0.25) is 0 Å². The lowest BCUT2D eigenvalue weighted by Crippen LogP contribution is -2.38. The molecule has 2 atom stereocenters. The lowest BCUT2D eigenvalue weighted by atomic mass is 9.55. The summed E-state index contributed by atoms with van der Waals surface area (Å²) in [5.41, 5.74) is 7.10. The molecule has 1 aromatic carbocycles. The fourth-order valence-corrected chi connectivity index (χ4v) is 7.02. The van der Waals surface area contributed by atoms with Crippen LogP contribution < -0.4 is 0 Å². The van der Waals surface area contributed by atoms with E-state index in [1.54, 1.807) is 5.57 Å². The van der Waals surface area contributed by atoms with E-state index in [9.17, 15) is 0 Å². The third-order valence-corrected chi connectivity index (χ3v) is 10.5. The quantitative estimate of drug-likeness (QED) is 0.288. The summed E-state index contributed by atoms with van der Waals surface area (Å²) in [6.07, 6.45) is 20.0. The first-order valence-electron chi connectivity index (χ1n) is 14.3. The second-order valence-corrected chi connectivity index (χ2v) is 12.3. The van der Waals surface area contributed by atoms with Gasteiger partial charge in [-0.2, -0.15) is 0 Å². The van der Waals surface area contributed by atoms with E-state index in [4.69, 9.17) is 6.58 Å². The predicted octanol–water partition coefficient (Wildman–Crippen LogP) is 10.4. The van der Waals surface area contributed by atoms with Crippen LogP contribution >= 0.6 is 0 Å². The van der Waals surface area contributed by atoms with E-state index < -0.39 is 0 Å². The molecule has 188 valence electrons. The zero-order valence-corrected chi connectivity index (χ0v) is 23.0. The van der Waals surface area contributed by atoms with Gasteiger partial charge >= 0.3 is 0 Å². The fraction of sp³-hybridized carbons (Fsp3) is 0.647. The van der Waals surface area contributed by atoms with Crippen LogP contribution in [-0.2, 0) is 12.8 Å². The molecule has 2 saturated carbocycles. The molecule has 1 aromatic rings. The average molecular weight is 461 g/mol. The minimum Gasteiger partial charge on any atom is -0.103 e. The van der Waals surface area contributed by atoms with Crippen molar-refractivity contribution in [2.75, 3.05) is 0 Å². The highest BCUT2D eigenvalue weighted by Crippen LogP contribution is 2.57. The van der Waals surface area contributed by atoms with Crippen LogP contribution in [0, 0.1) is 22.2 Å². The Morgan fingerprint density at radius 2 is 1.65 bits per heavy atom. The Morgan fingerprint density at radius 1 is 1.03 bits per heavy atom. The van der Waals surface area contributed by atoms with Crippen LogP contribution in [-0.4, -0.2) is 0 Å². The Balaban J connectivity index is 1.54. The van der Waals surface area contributed by atoms with Gasteiger partial charge in [0.25, 0.3) is 0 Å². The molecule has 0 nitrogen and oxygen atoms in total. The number of aryl methyl sites for hydroxylation is 2. The number of allylic oxidation sites excluding steroid dienone is 3. The van der Waals surface area contributed by atoms with Gasteiger partial charge in [-0.05, 0) is 117 Å². The number of hydrogen-bond donors (Lipinski definition) is 0. The van der Waals surface area contributed by atoms with Crippen molar-refractivity contribution < 1.29 is 0 Å². The van der Waals surface area contributed by atoms with E-state index in [0.29, 0.717) is 10.8 Å². The summed E-state index contributed by atoms with van der Waals surface area (Å²) in [6.45, 7) is 22.4. The molecule has 0 N–H and O–H groups in total. The standard InChI is InChI=1S/C34H52/c1-8-20-33(10-3,27(4)5)22-19-30-15-13-29(14-16-30)17-18-31-12-11-21-34(28(31)6)25-23-32(7,9-2)24-26-34/h8,13-16,31H,1,4,6,9-12,17-26H2,2-3,5,7H3. The van der Waals surface area contributed by atoms with Crippen molar-refractivity contribution in [2.45, 2.75) is 118 Å². The molecule has 0 aliphatic heterocycles. The van der Waals surface area contributed by atoms with E-state index in [1.165, 1.54) is 80.9 Å². The summed E-state index contributed by atoms with van der Waals surface area (Å²) < 4.78 is 0. The maximum atomic E-state index is 4.74. The highest BCUT2D eigenvalue weighted by atomic mass is 14.5. The summed E-state index contributed by atoms with van der Waals surface area (Å²) in [5.74, 6) is 0.721. The molecule has 1 spiro atoms. The smallest absolute Gasteiger partial charge is 0.00586 e. The molecule has 0 amide bonds. The second kappa shape index (κ2) is 11.5. The van der Waals surface area contributed by atoms with Gasteiger partial charge in [0.15, 0.2) is 0 Å². The molecule has 0 heteroatoms. The zero-order chi connectivity index (χ0) is 24.8. The summed E-state index contributed by atoms with van der Waals surface area (Å²) in [5, 5.41) is 0. The van der Waals surface area contributed by atoms with Gasteiger partial charge in [-0.3, -0.25) is 0 Å². The fourth-order valence-electron chi connectivity index (χ4n) is 7.02. The lowest BCUT2D eigenvalue weighted by molar-refractivity contribution is 0.0798. The van der Waals surface area contributed by atoms with Crippen LogP contribution in [0.1, 0.15) is 116 Å². The predicted molar refractivity (Wildman–Crippen MR) is 151 cm³/mol. The molecule has 0 aromatic heterocycles. The van der Waals surface area contributed by atoms with Gasteiger partial charge in [-0.1, -0.05) is 88.3 Å². The van der Waals surface area contributed by atoms with E-state index in [-0.39, 0.29) is 5.41 Å². The van der Waals surface area contributed by atoms with E-state index in [1.807, 2.05) is 0 Å². The van der Waals surface area contributed by atoms with Gasteiger partial charge in [0.05, 0.1) is 0 Å². The minimum absolute atomic E-state index is 0.200. The van der Waals surface area contributed by atoms with Gasteiger partial charge in [0.1, 0.15) is 0 Å². The first-order valence-corrected chi connectivity index (χ1v) is 14.3. The average Bonchev–Trinajstić information content (AvgIpc) is 2.85. The molecular formula is C34H52. The van der Waals surface area contributed by atoms with Gasteiger partial charge in [0, 0.05) is 0 Å². The van der Waals surface area contributed by atoms with Crippen LogP contribution in [0.5, 0.6) is 0 Å². The van der Waals surface area contributed by atoms with Crippen molar-refractivity contribution in [1.29, 1.82) is 0 Å². The van der Waals surface area contributed by atoms with E-state index in [0.717, 1.165) is 31.6 Å². The van der Waals surface area contributed by atoms with Gasteiger partial charge in [0.2, 0.25) is 0 Å². The Morgan fingerprint density at radius 3 is 2.18 bits per heavy atom. The zero-order valence-electron chi connectivity index (χ0n) is 23.0. The highest BCUT2D eigenvalue weighted by Gasteiger charge is 2.44. The number of rotatable bonds is 11. The molecule has 0 radical (unpaired) electrons.